The van der Waals surface area contributed by atoms with Crippen LogP contribution in [0.25, 0.3) is 0 Å². The van der Waals surface area contributed by atoms with Crippen LogP contribution < -0.4 is 14.9 Å². The van der Waals surface area contributed by atoms with Gasteiger partial charge in [0.15, 0.2) is 0 Å². The molecule has 0 saturated carbocycles. The maximum atomic E-state index is 12.4. The molecule has 0 aromatic heterocycles. The first-order chi connectivity index (χ1) is 13.3. The number of halogens is 2. The number of rotatable bonds is 7. The van der Waals surface area contributed by atoms with E-state index in [1.54, 1.807) is 25.5 Å². The number of ether oxygens (including phenoxy) is 2. The molecule has 1 amide bonds. The molecule has 7 heteroatoms. The van der Waals surface area contributed by atoms with Crippen LogP contribution in [0.4, 0.5) is 0 Å². The van der Waals surface area contributed by atoms with Crippen LogP contribution in [0.1, 0.15) is 53.7 Å². The molecule has 0 aliphatic carbocycles. The van der Waals surface area contributed by atoms with Gasteiger partial charge in [0.25, 0.3) is 5.91 Å². The molecule has 150 valence electrons. The molecular formula is C21H24Br2N2O3. The highest BCUT2D eigenvalue weighted by molar-refractivity contribution is 9.11. The number of nitrogens with one attached hydrogen (secondary N) is 1. The fourth-order valence-corrected chi connectivity index (χ4v) is 4.21. The second kappa shape index (κ2) is 10.1. The molecule has 2 aromatic rings. The summed E-state index contributed by atoms with van der Waals surface area (Å²) in [6, 6.07) is 7.45. The molecule has 0 radical (unpaired) electrons. The summed E-state index contributed by atoms with van der Waals surface area (Å²) in [5.74, 6) is 1.53. The first kappa shape index (κ1) is 22.4. The van der Waals surface area contributed by atoms with Gasteiger partial charge >= 0.3 is 0 Å². The first-order valence-electron chi connectivity index (χ1n) is 8.92. The van der Waals surface area contributed by atoms with Crippen molar-refractivity contribution in [2.75, 3.05) is 13.7 Å². The summed E-state index contributed by atoms with van der Waals surface area (Å²) in [4.78, 5) is 12.4. The van der Waals surface area contributed by atoms with Gasteiger partial charge in [-0.2, -0.15) is 5.10 Å². The molecular weight excluding hydrogens is 488 g/mol. The van der Waals surface area contributed by atoms with Crippen molar-refractivity contribution >= 4 is 44.0 Å². The summed E-state index contributed by atoms with van der Waals surface area (Å²) >= 11 is 6.79. The van der Waals surface area contributed by atoms with E-state index in [4.69, 9.17) is 9.47 Å². The fraction of sp³-hybridized carbons (Fsp3) is 0.333. The average molecular weight is 512 g/mol. The van der Waals surface area contributed by atoms with Gasteiger partial charge in [-0.25, -0.2) is 5.43 Å². The lowest BCUT2D eigenvalue weighted by Gasteiger charge is -2.15. The lowest BCUT2D eigenvalue weighted by Crippen LogP contribution is -2.18. The predicted molar refractivity (Wildman–Crippen MR) is 120 cm³/mol. The van der Waals surface area contributed by atoms with Crippen LogP contribution >= 0.6 is 31.9 Å². The number of carbonyl (C=O) groups is 1. The van der Waals surface area contributed by atoms with Gasteiger partial charge in [0.05, 0.1) is 28.9 Å². The molecule has 0 bridgehead atoms. The van der Waals surface area contributed by atoms with E-state index in [9.17, 15) is 4.79 Å². The number of amides is 1. The second-order valence-electron chi connectivity index (χ2n) is 6.51. The van der Waals surface area contributed by atoms with E-state index in [0.717, 1.165) is 22.4 Å². The quantitative estimate of drug-likeness (QED) is 0.376. The molecule has 0 spiro atoms. The Morgan fingerprint density at radius 3 is 2.39 bits per heavy atom. The van der Waals surface area contributed by atoms with E-state index in [1.165, 1.54) is 0 Å². The number of hydrazone groups is 1. The van der Waals surface area contributed by atoms with Gasteiger partial charge in [-0.3, -0.25) is 4.79 Å². The number of hydrogen-bond acceptors (Lipinski definition) is 4. The van der Waals surface area contributed by atoms with Crippen molar-refractivity contribution in [3.05, 3.63) is 55.5 Å². The van der Waals surface area contributed by atoms with Crippen LogP contribution in [-0.4, -0.2) is 25.8 Å². The molecule has 0 aliphatic heterocycles. The second-order valence-corrected chi connectivity index (χ2v) is 8.22. The zero-order chi connectivity index (χ0) is 20.8. The SMILES string of the molecule is CCOc1cc(C)c(/C=N\NC(=O)c2cc(Br)c(OC)c(Br)c2)cc1C(C)C. The smallest absolute Gasteiger partial charge is 0.271 e. The summed E-state index contributed by atoms with van der Waals surface area (Å²) in [5.41, 5.74) is 6.11. The molecule has 1 N–H and O–H groups in total. The summed E-state index contributed by atoms with van der Waals surface area (Å²) in [6.07, 6.45) is 1.66. The molecule has 2 rings (SSSR count). The molecule has 2 aromatic carbocycles. The van der Waals surface area contributed by atoms with Crippen molar-refractivity contribution in [3.8, 4) is 11.5 Å². The monoisotopic (exact) mass is 510 g/mol. The van der Waals surface area contributed by atoms with Gasteiger partial charge in [0, 0.05) is 5.56 Å². The third-order valence-corrected chi connectivity index (χ3v) is 5.33. The van der Waals surface area contributed by atoms with Crippen molar-refractivity contribution in [2.45, 2.75) is 33.6 Å². The normalized spacial score (nSPS) is 11.1. The van der Waals surface area contributed by atoms with E-state index in [0.29, 0.717) is 32.8 Å². The van der Waals surface area contributed by atoms with Crippen molar-refractivity contribution in [3.63, 3.8) is 0 Å². The molecule has 5 nitrogen and oxygen atoms in total. The number of aryl methyl sites for hydroxylation is 1. The van der Waals surface area contributed by atoms with Gasteiger partial charge < -0.3 is 9.47 Å². The topological polar surface area (TPSA) is 59.9 Å². The van der Waals surface area contributed by atoms with Gasteiger partial charge in [-0.1, -0.05) is 13.8 Å². The third kappa shape index (κ3) is 5.35. The zero-order valence-electron chi connectivity index (χ0n) is 16.6. The molecule has 0 saturated heterocycles. The summed E-state index contributed by atoms with van der Waals surface area (Å²) in [5, 5.41) is 4.13. The first-order valence-corrected chi connectivity index (χ1v) is 10.5. The minimum atomic E-state index is -0.312. The van der Waals surface area contributed by atoms with Crippen LogP contribution in [0.5, 0.6) is 11.5 Å². The number of hydrogen-bond donors (Lipinski definition) is 1. The predicted octanol–water partition coefficient (Wildman–Crippen LogP) is 5.81. The van der Waals surface area contributed by atoms with Gasteiger partial charge in [-0.15, -0.1) is 0 Å². The molecule has 0 atom stereocenters. The van der Waals surface area contributed by atoms with Crippen LogP contribution in [0.2, 0.25) is 0 Å². The van der Waals surface area contributed by atoms with E-state index < -0.39 is 0 Å². The van der Waals surface area contributed by atoms with Crippen LogP contribution in [0.3, 0.4) is 0 Å². The minimum absolute atomic E-state index is 0.312. The van der Waals surface area contributed by atoms with Crippen molar-refractivity contribution in [2.24, 2.45) is 5.10 Å². The number of benzene rings is 2. The Balaban J connectivity index is 2.20. The van der Waals surface area contributed by atoms with Crippen molar-refractivity contribution < 1.29 is 14.3 Å². The Morgan fingerprint density at radius 2 is 1.86 bits per heavy atom. The molecule has 0 unspecified atom stereocenters. The number of methoxy groups -OCH3 is 1. The van der Waals surface area contributed by atoms with Crippen LogP contribution in [0, 0.1) is 6.92 Å². The van der Waals surface area contributed by atoms with E-state index in [-0.39, 0.29) is 5.91 Å². The Bertz CT molecular complexity index is 872. The highest BCUT2D eigenvalue weighted by atomic mass is 79.9. The lowest BCUT2D eigenvalue weighted by atomic mass is 9.97. The highest BCUT2D eigenvalue weighted by Crippen LogP contribution is 2.34. The maximum absolute atomic E-state index is 12.4. The van der Waals surface area contributed by atoms with E-state index >= 15 is 0 Å². The maximum Gasteiger partial charge on any atom is 0.271 e. The summed E-state index contributed by atoms with van der Waals surface area (Å²) in [7, 11) is 1.57. The Labute approximate surface area is 182 Å². The lowest BCUT2D eigenvalue weighted by molar-refractivity contribution is 0.0955. The van der Waals surface area contributed by atoms with Gasteiger partial charge in [-0.05, 0) is 92.6 Å². The van der Waals surface area contributed by atoms with E-state index in [2.05, 4.69) is 62.3 Å². The molecule has 0 fully saturated rings. The molecule has 0 aliphatic rings. The zero-order valence-corrected chi connectivity index (χ0v) is 19.8. The standard InChI is InChI=1S/C21H24Br2N2O3/c1-6-28-19-7-13(4)15(8-16(19)12(2)3)11-24-25-21(26)14-9-17(22)20(27-5)18(23)10-14/h7-12H,6H2,1-5H3,(H,25,26)/b24-11-. The fourth-order valence-electron chi connectivity index (χ4n) is 2.70. The number of nitrogens with zero attached hydrogens (tertiary/aromatic N) is 1. The summed E-state index contributed by atoms with van der Waals surface area (Å²) in [6.45, 7) is 8.83. The third-order valence-electron chi connectivity index (χ3n) is 4.15. The Hall–Kier alpha value is -1.86. The summed E-state index contributed by atoms with van der Waals surface area (Å²) < 4.78 is 12.4. The van der Waals surface area contributed by atoms with Crippen LogP contribution in [0.15, 0.2) is 38.3 Å². The highest BCUT2D eigenvalue weighted by Gasteiger charge is 2.13. The van der Waals surface area contributed by atoms with E-state index in [1.807, 2.05) is 19.9 Å². The average Bonchev–Trinajstić information content (AvgIpc) is 2.63. The number of carbonyl (C=O) groups excluding carboxylic acids is 1. The Kier molecular flexibility index (Phi) is 8.07. The molecule has 28 heavy (non-hydrogen) atoms. The Morgan fingerprint density at radius 1 is 1.21 bits per heavy atom. The van der Waals surface area contributed by atoms with Gasteiger partial charge in [0.1, 0.15) is 11.5 Å². The van der Waals surface area contributed by atoms with Crippen molar-refractivity contribution in [1.82, 2.24) is 5.43 Å². The van der Waals surface area contributed by atoms with Crippen LogP contribution in [-0.2, 0) is 0 Å². The molecule has 0 heterocycles. The largest absolute Gasteiger partial charge is 0.494 e. The minimum Gasteiger partial charge on any atom is -0.494 e. The van der Waals surface area contributed by atoms with Crippen molar-refractivity contribution in [1.29, 1.82) is 0 Å². The van der Waals surface area contributed by atoms with Gasteiger partial charge in [0.2, 0.25) is 0 Å².